The Hall–Kier alpha value is -1.50. The van der Waals surface area contributed by atoms with Crippen LogP contribution >= 0.6 is 12.2 Å². The van der Waals surface area contributed by atoms with Crippen molar-refractivity contribution in [3.8, 4) is 11.5 Å². The summed E-state index contributed by atoms with van der Waals surface area (Å²) in [5.41, 5.74) is 5.05. The first-order valence-corrected chi connectivity index (χ1v) is 5.38. The minimum Gasteiger partial charge on any atom is -0.497 e. The molecule has 3 nitrogen and oxygen atoms in total. The molecular formula is C11H12F3NO2S. The zero-order valence-electron chi connectivity index (χ0n) is 9.53. The molecule has 18 heavy (non-hydrogen) atoms. The van der Waals surface area contributed by atoms with Crippen molar-refractivity contribution in [2.45, 2.75) is 6.18 Å². The van der Waals surface area contributed by atoms with Crippen molar-refractivity contribution in [3.05, 3.63) is 24.3 Å². The molecule has 0 aliphatic heterocycles. The van der Waals surface area contributed by atoms with E-state index < -0.39 is 23.7 Å². The Morgan fingerprint density at radius 1 is 1.39 bits per heavy atom. The molecule has 0 fully saturated rings. The number of alkyl halides is 3. The lowest BCUT2D eigenvalue weighted by molar-refractivity contribution is -0.161. The van der Waals surface area contributed by atoms with Gasteiger partial charge in [-0.05, 0) is 12.1 Å². The van der Waals surface area contributed by atoms with Gasteiger partial charge in [0.2, 0.25) is 0 Å². The maximum Gasteiger partial charge on any atom is 0.401 e. The van der Waals surface area contributed by atoms with Gasteiger partial charge >= 0.3 is 6.18 Å². The summed E-state index contributed by atoms with van der Waals surface area (Å²) in [5, 5.41) is 0. The van der Waals surface area contributed by atoms with Crippen molar-refractivity contribution in [1.82, 2.24) is 0 Å². The van der Waals surface area contributed by atoms with Gasteiger partial charge in [0.05, 0.1) is 12.1 Å². The molecule has 0 spiro atoms. The Bertz CT molecular complexity index is 423. The minimum absolute atomic E-state index is 0.264. The fourth-order valence-electron chi connectivity index (χ4n) is 1.21. The Kier molecular flexibility index (Phi) is 4.77. The topological polar surface area (TPSA) is 44.5 Å². The van der Waals surface area contributed by atoms with Crippen LogP contribution in [0.25, 0.3) is 0 Å². The highest BCUT2D eigenvalue weighted by Crippen LogP contribution is 2.28. The molecule has 1 rings (SSSR count). The van der Waals surface area contributed by atoms with E-state index in [0.29, 0.717) is 5.75 Å². The van der Waals surface area contributed by atoms with Gasteiger partial charge in [0.15, 0.2) is 0 Å². The molecule has 0 radical (unpaired) electrons. The zero-order chi connectivity index (χ0) is 13.8. The second-order valence-corrected chi connectivity index (χ2v) is 3.96. The van der Waals surface area contributed by atoms with E-state index in [4.69, 9.17) is 15.2 Å². The van der Waals surface area contributed by atoms with E-state index in [9.17, 15) is 13.2 Å². The van der Waals surface area contributed by atoms with Crippen LogP contribution in [0.5, 0.6) is 11.5 Å². The predicted octanol–water partition coefficient (Wildman–Crippen LogP) is 2.54. The van der Waals surface area contributed by atoms with Gasteiger partial charge in [-0.25, -0.2) is 0 Å². The number of hydrogen-bond donors (Lipinski definition) is 1. The van der Waals surface area contributed by atoms with Gasteiger partial charge in [0.1, 0.15) is 24.0 Å². The molecule has 1 aromatic rings. The highest BCUT2D eigenvalue weighted by atomic mass is 32.1. The lowest BCUT2D eigenvalue weighted by atomic mass is 10.1. The summed E-state index contributed by atoms with van der Waals surface area (Å²) in [6.07, 6.45) is -4.51. The van der Waals surface area contributed by atoms with Crippen molar-refractivity contribution >= 4 is 17.2 Å². The predicted molar refractivity (Wildman–Crippen MR) is 64.8 cm³/mol. The fraction of sp³-hybridized carbons (Fsp3) is 0.364. The van der Waals surface area contributed by atoms with Gasteiger partial charge in [0, 0.05) is 6.07 Å². The van der Waals surface area contributed by atoms with Crippen LogP contribution in [0.15, 0.2) is 24.3 Å². The van der Waals surface area contributed by atoms with Gasteiger partial charge in [-0.2, -0.15) is 13.2 Å². The van der Waals surface area contributed by atoms with Gasteiger partial charge < -0.3 is 15.2 Å². The van der Waals surface area contributed by atoms with E-state index in [0.717, 1.165) is 0 Å². The number of benzene rings is 1. The molecule has 0 amide bonds. The fourth-order valence-corrected chi connectivity index (χ4v) is 1.41. The highest BCUT2D eigenvalue weighted by Gasteiger charge is 2.42. The molecule has 0 saturated heterocycles. The summed E-state index contributed by atoms with van der Waals surface area (Å²) in [4.78, 5) is -0.634. The van der Waals surface area contributed by atoms with E-state index in [1.54, 1.807) is 12.1 Å². The van der Waals surface area contributed by atoms with Crippen LogP contribution in [0.1, 0.15) is 0 Å². The third-order valence-corrected chi connectivity index (χ3v) is 2.48. The Labute approximate surface area is 108 Å². The standard InChI is InChI=1S/C11H12F3NO2S/c1-16-7-3-2-4-8(5-7)17-6-9(10(15)18)11(12,13)14/h2-5,9H,6H2,1H3,(H2,15,18). The lowest BCUT2D eigenvalue weighted by Gasteiger charge is -2.19. The Morgan fingerprint density at radius 2 is 2.00 bits per heavy atom. The number of hydrogen-bond acceptors (Lipinski definition) is 3. The zero-order valence-corrected chi connectivity index (χ0v) is 10.3. The van der Waals surface area contributed by atoms with Crippen LogP contribution in [0.3, 0.4) is 0 Å². The first-order valence-electron chi connectivity index (χ1n) is 4.97. The van der Waals surface area contributed by atoms with Crippen LogP contribution in [0, 0.1) is 5.92 Å². The molecule has 0 aliphatic carbocycles. The molecule has 100 valence electrons. The molecule has 0 aromatic heterocycles. The SMILES string of the molecule is COc1cccc(OCC(C(N)=S)C(F)(F)F)c1. The van der Waals surface area contributed by atoms with Gasteiger partial charge in [0.25, 0.3) is 0 Å². The Morgan fingerprint density at radius 3 is 2.50 bits per heavy atom. The van der Waals surface area contributed by atoms with Crippen LogP contribution in [-0.2, 0) is 0 Å². The number of nitrogens with two attached hydrogens (primary N) is 1. The van der Waals surface area contributed by atoms with E-state index in [1.165, 1.54) is 19.2 Å². The van der Waals surface area contributed by atoms with E-state index in [-0.39, 0.29) is 5.75 Å². The van der Waals surface area contributed by atoms with E-state index >= 15 is 0 Å². The van der Waals surface area contributed by atoms with Crippen molar-refractivity contribution < 1.29 is 22.6 Å². The van der Waals surface area contributed by atoms with Gasteiger partial charge in [-0.3, -0.25) is 0 Å². The monoisotopic (exact) mass is 279 g/mol. The average molecular weight is 279 g/mol. The Balaban J connectivity index is 2.70. The quantitative estimate of drug-likeness (QED) is 0.841. The summed E-state index contributed by atoms with van der Waals surface area (Å²) in [6, 6.07) is 6.27. The third kappa shape index (κ3) is 4.06. The summed E-state index contributed by atoms with van der Waals surface area (Å²) >= 11 is 4.38. The second-order valence-electron chi connectivity index (χ2n) is 3.49. The first-order chi connectivity index (χ1) is 8.34. The second kappa shape index (κ2) is 5.90. The summed E-state index contributed by atoms with van der Waals surface area (Å²) in [5.74, 6) is -1.20. The maximum atomic E-state index is 12.5. The van der Waals surface area contributed by atoms with E-state index in [2.05, 4.69) is 12.2 Å². The summed E-state index contributed by atoms with van der Waals surface area (Å²) in [7, 11) is 1.45. The minimum atomic E-state index is -4.51. The van der Waals surface area contributed by atoms with Crippen molar-refractivity contribution in [2.24, 2.45) is 11.7 Å². The lowest BCUT2D eigenvalue weighted by Crippen LogP contribution is -2.38. The first kappa shape index (κ1) is 14.6. The number of thiocarbonyl (C=S) groups is 1. The molecule has 7 heteroatoms. The summed E-state index contributed by atoms with van der Waals surface area (Å²) < 4.78 is 47.6. The smallest absolute Gasteiger partial charge is 0.401 e. The largest absolute Gasteiger partial charge is 0.497 e. The molecule has 0 saturated carbocycles. The van der Waals surface area contributed by atoms with E-state index in [1.807, 2.05) is 0 Å². The van der Waals surface area contributed by atoms with Crippen LogP contribution in [0.4, 0.5) is 13.2 Å². The molecule has 1 atom stereocenters. The van der Waals surface area contributed by atoms with Crippen molar-refractivity contribution in [2.75, 3.05) is 13.7 Å². The number of ether oxygens (including phenoxy) is 2. The normalized spacial score (nSPS) is 12.9. The molecule has 1 aromatic carbocycles. The van der Waals surface area contributed by atoms with Crippen LogP contribution in [0.2, 0.25) is 0 Å². The van der Waals surface area contributed by atoms with Gasteiger partial charge in [-0.15, -0.1) is 0 Å². The molecule has 0 heterocycles. The molecule has 0 aliphatic rings. The van der Waals surface area contributed by atoms with Crippen LogP contribution < -0.4 is 15.2 Å². The molecule has 2 N–H and O–H groups in total. The van der Waals surface area contributed by atoms with Crippen molar-refractivity contribution in [3.63, 3.8) is 0 Å². The van der Waals surface area contributed by atoms with Crippen LogP contribution in [-0.4, -0.2) is 24.9 Å². The van der Waals surface area contributed by atoms with Gasteiger partial charge in [-0.1, -0.05) is 18.3 Å². The summed E-state index contributed by atoms with van der Waals surface area (Å²) in [6.45, 7) is -0.647. The molecule has 0 bridgehead atoms. The number of methoxy groups -OCH3 is 1. The average Bonchev–Trinajstić information content (AvgIpc) is 2.27. The molecule has 1 unspecified atom stereocenters. The highest BCUT2D eigenvalue weighted by molar-refractivity contribution is 7.80. The number of halogens is 3. The maximum absolute atomic E-state index is 12.5. The molecular weight excluding hydrogens is 267 g/mol. The third-order valence-electron chi connectivity index (χ3n) is 2.20. The number of rotatable bonds is 5. The van der Waals surface area contributed by atoms with Crippen molar-refractivity contribution in [1.29, 1.82) is 0 Å².